The van der Waals surface area contributed by atoms with E-state index in [1.54, 1.807) is 6.92 Å². The average molecular weight is 382 g/mol. The smallest absolute Gasteiger partial charge is 0.340 e. The van der Waals surface area contributed by atoms with Crippen molar-refractivity contribution in [2.24, 2.45) is 0 Å². The van der Waals surface area contributed by atoms with Gasteiger partial charge in [0.1, 0.15) is 11.4 Å². The van der Waals surface area contributed by atoms with E-state index in [9.17, 15) is 14.7 Å². The highest BCUT2D eigenvalue weighted by Gasteiger charge is 2.29. The van der Waals surface area contributed by atoms with E-state index in [4.69, 9.17) is 4.74 Å². The molecule has 6 heteroatoms. The van der Waals surface area contributed by atoms with E-state index in [1.165, 1.54) is 13.5 Å². The first kappa shape index (κ1) is 19.9. The van der Waals surface area contributed by atoms with Crippen LogP contribution in [-0.4, -0.2) is 35.2 Å². The molecule has 1 heterocycles. The van der Waals surface area contributed by atoms with Gasteiger partial charge < -0.3 is 15.2 Å². The summed E-state index contributed by atoms with van der Waals surface area (Å²) in [5.74, 6) is -1.39. The first-order chi connectivity index (χ1) is 13.4. The van der Waals surface area contributed by atoms with Crippen molar-refractivity contribution >= 4 is 17.8 Å². The van der Waals surface area contributed by atoms with E-state index in [-0.39, 0.29) is 17.2 Å². The second kappa shape index (κ2) is 8.42. The fourth-order valence-electron chi connectivity index (χ4n) is 3.82. The highest BCUT2D eigenvalue weighted by molar-refractivity contribution is 6.08. The molecule has 6 nitrogen and oxygen atoms in total. The van der Waals surface area contributed by atoms with E-state index in [0.717, 1.165) is 31.2 Å². The van der Waals surface area contributed by atoms with Gasteiger partial charge in [0.25, 0.3) is 0 Å². The van der Waals surface area contributed by atoms with Crippen LogP contribution in [-0.2, 0) is 4.74 Å². The number of carboxylic acid groups (broad SMARTS) is 1. The number of hydrogen-bond acceptors (Lipinski definition) is 5. The molecule has 3 rings (SSSR count). The van der Waals surface area contributed by atoms with Crippen molar-refractivity contribution in [2.45, 2.75) is 52.0 Å². The number of aryl methyl sites for hydroxylation is 2. The van der Waals surface area contributed by atoms with Crippen molar-refractivity contribution in [3.05, 3.63) is 46.6 Å². The Morgan fingerprint density at radius 1 is 1.07 bits per heavy atom. The van der Waals surface area contributed by atoms with Crippen molar-refractivity contribution in [1.29, 1.82) is 0 Å². The predicted octanol–water partition coefficient (Wildman–Crippen LogP) is 4.59. The maximum atomic E-state index is 12.5. The molecule has 0 radical (unpaired) electrons. The van der Waals surface area contributed by atoms with E-state index in [1.807, 2.05) is 31.2 Å². The Morgan fingerprint density at radius 3 is 2.29 bits per heavy atom. The third-order valence-electron chi connectivity index (χ3n) is 5.27. The molecule has 148 valence electrons. The number of rotatable bonds is 5. The molecule has 1 aromatic carbocycles. The lowest BCUT2D eigenvalue weighted by Gasteiger charge is -2.25. The molecule has 0 bridgehead atoms. The van der Waals surface area contributed by atoms with Gasteiger partial charge >= 0.3 is 11.9 Å². The van der Waals surface area contributed by atoms with Crippen molar-refractivity contribution in [1.82, 2.24) is 4.98 Å². The number of methoxy groups -OCH3 is 1. The van der Waals surface area contributed by atoms with Crippen LogP contribution in [0.2, 0.25) is 0 Å². The second-order valence-electron chi connectivity index (χ2n) is 7.31. The number of benzene rings is 1. The molecule has 1 aromatic heterocycles. The number of esters is 1. The summed E-state index contributed by atoms with van der Waals surface area (Å²) < 4.78 is 4.94. The molecule has 1 fully saturated rings. The zero-order chi connectivity index (χ0) is 20.3. The summed E-state index contributed by atoms with van der Waals surface area (Å²) in [6.07, 6.45) is 5.40. The monoisotopic (exact) mass is 382 g/mol. The summed E-state index contributed by atoms with van der Waals surface area (Å²) in [6, 6.07) is 7.63. The van der Waals surface area contributed by atoms with Gasteiger partial charge in [-0.15, -0.1) is 0 Å². The summed E-state index contributed by atoms with van der Waals surface area (Å²) >= 11 is 0. The Morgan fingerprint density at radius 2 is 1.71 bits per heavy atom. The van der Waals surface area contributed by atoms with Crippen molar-refractivity contribution in [3.63, 3.8) is 0 Å². The lowest BCUT2D eigenvalue weighted by molar-refractivity contribution is 0.0600. The van der Waals surface area contributed by atoms with Gasteiger partial charge in [-0.05, 0) is 32.3 Å². The predicted molar refractivity (Wildman–Crippen MR) is 108 cm³/mol. The van der Waals surface area contributed by atoms with Crippen LogP contribution in [0.5, 0.6) is 0 Å². The normalized spacial score (nSPS) is 14.5. The fraction of sp³-hybridized carbons (Fsp3) is 0.409. The zero-order valence-corrected chi connectivity index (χ0v) is 16.5. The molecule has 28 heavy (non-hydrogen) atoms. The van der Waals surface area contributed by atoms with Crippen molar-refractivity contribution in [3.8, 4) is 11.1 Å². The molecule has 0 aliphatic heterocycles. The number of nitrogens with zero attached hydrogens (tertiary/aromatic N) is 1. The van der Waals surface area contributed by atoms with Crippen LogP contribution in [0, 0.1) is 13.8 Å². The van der Waals surface area contributed by atoms with Gasteiger partial charge in [0, 0.05) is 11.6 Å². The number of nitrogens with one attached hydrogen (secondary N) is 1. The lowest BCUT2D eigenvalue weighted by atomic mass is 9.92. The number of carbonyl (C=O) groups excluding carboxylic acids is 1. The quantitative estimate of drug-likeness (QED) is 0.735. The van der Waals surface area contributed by atoms with E-state index in [2.05, 4.69) is 10.3 Å². The molecule has 1 aliphatic carbocycles. The molecular weight excluding hydrogens is 356 g/mol. The average Bonchev–Trinajstić information content (AvgIpc) is 2.68. The van der Waals surface area contributed by atoms with Gasteiger partial charge in [-0.2, -0.15) is 0 Å². The van der Waals surface area contributed by atoms with Crippen LogP contribution in [0.4, 0.5) is 5.82 Å². The van der Waals surface area contributed by atoms with Crippen molar-refractivity contribution < 1.29 is 19.4 Å². The highest BCUT2D eigenvalue weighted by Crippen LogP contribution is 2.35. The maximum absolute atomic E-state index is 12.5. The Hall–Kier alpha value is -2.89. The summed E-state index contributed by atoms with van der Waals surface area (Å²) in [6.45, 7) is 3.67. The Kier molecular flexibility index (Phi) is 5.97. The molecule has 0 atom stereocenters. The van der Waals surface area contributed by atoms with Crippen LogP contribution < -0.4 is 5.32 Å². The Bertz CT molecular complexity index is 884. The molecule has 0 spiro atoms. The third kappa shape index (κ3) is 4.01. The fourth-order valence-corrected chi connectivity index (χ4v) is 3.82. The van der Waals surface area contributed by atoms with Gasteiger partial charge in [0.05, 0.1) is 18.4 Å². The highest BCUT2D eigenvalue weighted by atomic mass is 16.5. The first-order valence-electron chi connectivity index (χ1n) is 9.62. The van der Waals surface area contributed by atoms with Crippen LogP contribution in [0.25, 0.3) is 11.1 Å². The summed E-state index contributed by atoms with van der Waals surface area (Å²) in [4.78, 5) is 29.2. The second-order valence-corrected chi connectivity index (χ2v) is 7.31. The molecule has 2 N–H and O–H groups in total. The SMILES string of the molecule is COC(=O)c1c(C)nc(NC2CCCCC2)c(C(=O)O)c1-c1ccc(C)cc1. The minimum atomic E-state index is -1.12. The summed E-state index contributed by atoms with van der Waals surface area (Å²) in [7, 11) is 1.29. The molecule has 2 aromatic rings. The van der Waals surface area contributed by atoms with Crippen molar-refractivity contribution in [2.75, 3.05) is 12.4 Å². The number of aromatic nitrogens is 1. The number of carbonyl (C=O) groups is 2. The minimum Gasteiger partial charge on any atom is -0.478 e. The Balaban J connectivity index is 2.23. The van der Waals surface area contributed by atoms with E-state index >= 15 is 0 Å². The number of anilines is 1. The van der Waals surface area contributed by atoms with Crippen LogP contribution in [0.3, 0.4) is 0 Å². The van der Waals surface area contributed by atoms with Crippen LogP contribution >= 0.6 is 0 Å². The molecule has 1 saturated carbocycles. The first-order valence-corrected chi connectivity index (χ1v) is 9.62. The lowest BCUT2D eigenvalue weighted by Crippen LogP contribution is -2.25. The number of hydrogen-bond donors (Lipinski definition) is 2. The number of aromatic carboxylic acids is 1. The number of ether oxygens (including phenoxy) is 1. The molecular formula is C22H26N2O4. The van der Waals surface area contributed by atoms with Gasteiger partial charge in [0.2, 0.25) is 0 Å². The topological polar surface area (TPSA) is 88.5 Å². The third-order valence-corrected chi connectivity index (χ3v) is 5.27. The summed E-state index contributed by atoms with van der Waals surface area (Å²) in [5.41, 5.74) is 2.71. The number of pyridine rings is 1. The molecule has 0 unspecified atom stereocenters. The van der Waals surface area contributed by atoms with Gasteiger partial charge in [-0.1, -0.05) is 49.1 Å². The summed E-state index contributed by atoms with van der Waals surface area (Å²) in [5, 5.41) is 13.4. The Labute approximate surface area is 164 Å². The van der Waals surface area contributed by atoms with Gasteiger partial charge in [0.15, 0.2) is 0 Å². The van der Waals surface area contributed by atoms with Gasteiger partial charge in [-0.25, -0.2) is 14.6 Å². The maximum Gasteiger partial charge on any atom is 0.340 e. The van der Waals surface area contributed by atoms with Crippen LogP contribution in [0.15, 0.2) is 24.3 Å². The molecule has 1 aliphatic rings. The minimum absolute atomic E-state index is 0.0143. The van der Waals surface area contributed by atoms with Crippen LogP contribution in [0.1, 0.15) is 64.1 Å². The molecule has 0 saturated heterocycles. The van der Waals surface area contributed by atoms with E-state index < -0.39 is 11.9 Å². The largest absolute Gasteiger partial charge is 0.478 e. The van der Waals surface area contributed by atoms with Gasteiger partial charge in [-0.3, -0.25) is 0 Å². The zero-order valence-electron chi connectivity index (χ0n) is 16.5. The molecule has 0 amide bonds. The number of carboxylic acids is 1. The van der Waals surface area contributed by atoms with E-state index in [0.29, 0.717) is 22.6 Å². The standard InChI is InChI=1S/C22H26N2O4/c1-13-9-11-15(12-10-13)18-17(22(27)28-3)14(2)23-20(19(18)21(25)26)24-16-7-5-4-6-8-16/h9-12,16H,4-8H2,1-3H3,(H,23,24)(H,25,26).